The van der Waals surface area contributed by atoms with Crippen LogP contribution >= 0.6 is 35.0 Å². The Morgan fingerprint density at radius 3 is 2.94 bits per heavy atom. The third-order valence-corrected chi connectivity index (χ3v) is 6.95. The lowest BCUT2D eigenvalue weighted by atomic mass is 10.1. The van der Waals surface area contributed by atoms with E-state index >= 15 is 0 Å². The first-order valence-electron chi connectivity index (χ1n) is 10.3. The first-order chi connectivity index (χ1) is 16.0. The van der Waals surface area contributed by atoms with Gasteiger partial charge in [-0.3, -0.25) is 4.79 Å². The molecule has 1 saturated heterocycles. The molecule has 33 heavy (non-hydrogen) atoms. The number of nitrogens with zero attached hydrogens (tertiary/aromatic N) is 4. The minimum Gasteiger partial charge on any atom is -0.382 e. The summed E-state index contributed by atoms with van der Waals surface area (Å²) in [6.07, 6.45) is 1.46. The van der Waals surface area contributed by atoms with Crippen molar-refractivity contribution in [2.75, 3.05) is 37.2 Å². The summed E-state index contributed by atoms with van der Waals surface area (Å²) in [7, 11) is 1.62. The van der Waals surface area contributed by atoms with E-state index in [4.69, 9.17) is 27.9 Å². The molecule has 0 aliphatic carbocycles. The zero-order valence-electron chi connectivity index (χ0n) is 17.6. The number of thioether (sulfide) groups is 1. The van der Waals surface area contributed by atoms with Gasteiger partial charge in [0.1, 0.15) is 24.0 Å². The molecule has 11 heteroatoms. The Bertz CT molecular complexity index is 1340. The number of amides is 1. The fourth-order valence-electron chi connectivity index (χ4n) is 3.78. The fraction of sp³-hybridized carbons (Fsp3) is 0.273. The van der Waals surface area contributed by atoms with Gasteiger partial charge in [-0.15, -0.1) is 11.8 Å². The number of halogens is 2. The van der Waals surface area contributed by atoms with E-state index in [1.165, 1.54) is 6.33 Å². The van der Waals surface area contributed by atoms with Crippen molar-refractivity contribution in [3.8, 4) is 0 Å². The van der Waals surface area contributed by atoms with E-state index in [2.05, 4.69) is 25.3 Å². The second kappa shape index (κ2) is 9.34. The first kappa shape index (κ1) is 22.2. The molecule has 4 aromatic rings. The lowest BCUT2D eigenvalue weighted by Gasteiger charge is -2.19. The second-order valence-electron chi connectivity index (χ2n) is 7.61. The molecule has 0 saturated carbocycles. The Balaban J connectivity index is 1.49. The van der Waals surface area contributed by atoms with E-state index < -0.39 is 0 Å². The molecule has 0 bridgehead atoms. The smallest absolute Gasteiger partial charge is 0.256 e. The van der Waals surface area contributed by atoms with Crippen molar-refractivity contribution in [1.29, 1.82) is 0 Å². The standard InChI is InChI=1S/C22H20Cl2N6O2S/c1-32-9-19(21-27-16-3-2-12(23)6-18(16)28-21)29-20-14-7-15(24)13(8-17(14)25-10-26-20)22(31)30-4-5-33-11-30/h2-3,6-8,10,19H,4-5,9,11H2,1H3,(H,27,28)(H,25,26,29)/t19-/m0/s1. The van der Waals surface area contributed by atoms with E-state index in [9.17, 15) is 4.79 Å². The summed E-state index contributed by atoms with van der Waals surface area (Å²) in [5.74, 6) is 2.77. The molecule has 2 aromatic heterocycles. The number of nitrogens with one attached hydrogen (secondary N) is 2. The highest BCUT2D eigenvalue weighted by Crippen LogP contribution is 2.31. The molecule has 0 spiro atoms. The molecule has 1 amide bonds. The second-order valence-corrected chi connectivity index (χ2v) is 9.53. The van der Waals surface area contributed by atoms with Crippen LogP contribution in [0.3, 0.4) is 0 Å². The number of benzene rings is 2. The number of hydrogen-bond acceptors (Lipinski definition) is 7. The number of carbonyl (C=O) groups excluding carboxylic acids is 1. The average molecular weight is 503 g/mol. The van der Waals surface area contributed by atoms with Crippen molar-refractivity contribution < 1.29 is 9.53 Å². The van der Waals surface area contributed by atoms with E-state index in [-0.39, 0.29) is 11.9 Å². The minimum atomic E-state index is -0.319. The van der Waals surface area contributed by atoms with Gasteiger partial charge in [0.05, 0.1) is 39.6 Å². The number of methoxy groups -OCH3 is 1. The van der Waals surface area contributed by atoms with Crippen molar-refractivity contribution in [1.82, 2.24) is 24.8 Å². The third kappa shape index (κ3) is 4.46. The van der Waals surface area contributed by atoms with Crippen LogP contribution in [0, 0.1) is 0 Å². The van der Waals surface area contributed by atoms with E-state index in [1.54, 1.807) is 42.0 Å². The predicted octanol–water partition coefficient (Wildman–Crippen LogP) is 4.76. The quantitative estimate of drug-likeness (QED) is 0.392. The van der Waals surface area contributed by atoms with Gasteiger partial charge in [0, 0.05) is 29.8 Å². The molecule has 5 rings (SSSR count). The molecule has 1 fully saturated rings. The van der Waals surface area contributed by atoms with E-state index in [0.717, 1.165) is 23.3 Å². The summed E-state index contributed by atoms with van der Waals surface area (Å²) in [5, 5.41) is 5.07. The number of imidazole rings is 1. The SMILES string of the molecule is COC[C@H](Nc1ncnc2cc(C(=O)N3CCSC3)c(Cl)cc12)c1nc2cc(Cl)ccc2[nH]1. The zero-order valence-corrected chi connectivity index (χ0v) is 20.0. The predicted molar refractivity (Wildman–Crippen MR) is 132 cm³/mol. The summed E-state index contributed by atoms with van der Waals surface area (Å²) >= 11 is 14.4. The molecule has 2 N–H and O–H groups in total. The van der Waals surface area contributed by atoms with Crippen LogP contribution in [0.25, 0.3) is 21.9 Å². The molecule has 0 unspecified atom stereocenters. The van der Waals surface area contributed by atoms with Crippen LogP contribution < -0.4 is 5.32 Å². The Morgan fingerprint density at radius 1 is 1.27 bits per heavy atom. The molecule has 1 atom stereocenters. The van der Waals surface area contributed by atoms with E-state index in [0.29, 0.717) is 50.6 Å². The minimum absolute atomic E-state index is 0.0850. The number of ether oxygens (including phenoxy) is 1. The van der Waals surface area contributed by atoms with Gasteiger partial charge in [0.25, 0.3) is 5.91 Å². The monoisotopic (exact) mass is 502 g/mol. The maximum Gasteiger partial charge on any atom is 0.256 e. The van der Waals surface area contributed by atoms with Gasteiger partial charge >= 0.3 is 0 Å². The van der Waals surface area contributed by atoms with Gasteiger partial charge in [0.2, 0.25) is 0 Å². The van der Waals surface area contributed by atoms with Crippen molar-refractivity contribution in [2.24, 2.45) is 0 Å². The van der Waals surface area contributed by atoms with Gasteiger partial charge in [-0.1, -0.05) is 23.2 Å². The topological polar surface area (TPSA) is 96.0 Å². The average Bonchev–Trinajstić information content (AvgIpc) is 3.48. The Hall–Kier alpha value is -2.59. The van der Waals surface area contributed by atoms with E-state index in [1.807, 2.05) is 12.1 Å². The molecular weight excluding hydrogens is 483 g/mol. The number of hydrogen-bond donors (Lipinski definition) is 2. The summed E-state index contributed by atoms with van der Waals surface area (Å²) in [4.78, 5) is 31.4. The maximum absolute atomic E-state index is 12.9. The number of anilines is 1. The Kier molecular flexibility index (Phi) is 6.29. The first-order valence-corrected chi connectivity index (χ1v) is 12.2. The third-order valence-electron chi connectivity index (χ3n) is 5.43. The fourth-order valence-corrected chi connectivity index (χ4v) is 5.14. The molecule has 8 nitrogen and oxygen atoms in total. The lowest BCUT2D eigenvalue weighted by Crippen LogP contribution is -2.28. The number of H-pyrrole nitrogens is 1. The Labute approximate surface area is 204 Å². The summed E-state index contributed by atoms with van der Waals surface area (Å²) in [6.45, 7) is 1.06. The van der Waals surface area contributed by atoms with Crippen LogP contribution in [-0.4, -0.2) is 62.6 Å². The van der Waals surface area contributed by atoms with Crippen LogP contribution in [0.15, 0.2) is 36.7 Å². The maximum atomic E-state index is 12.9. The van der Waals surface area contributed by atoms with Crippen LogP contribution in [0.1, 0.15) is 22.2 Å². The van der Waals surface area contributed by atoms with Crippen molar-refractivity contribution in [2.45, 2.75) is 6.04 Å². The largest absolute Gasteiger partial charge is 0.382 e. The normalized spacial score (nSPS) is 14.8. The highest BCUT2D eigenvalue weighted by atomic mass is 35.5. The number of rotatable bonds is 6. The Morgan fingerprint density at radius 2 is 2.15 bits per heavy atom. The van der Waals surface area contributed by atoms with Gasteiger partial charge in [-0.05, 0) is 30.3 Å². The van der Waals surface area contributed by atoms with Crippen molar-refractivity contribution >= 4 is 68.6 Å². The van der Waals surface area contributed by atoms with Gasteiger partial charge < -0.3 is 19.9 Å². The molecular formula is C22H20Cl2N6O2S. The van der Waals surface area contributed by atoms with Crippen LogP contribution in [0.5, 0.6) is 0 Å². The van der Waals surface area contributed by atoms with Gasteiger partial charge in [0.15, 0.2) is 0 Å². The van der Waals surface area contributed by atoms with Crippen LogP contribution in [-0.2, 0) is 4.74 Å². The molecule has 3 heterocycles. The number of carbonyl (C=O) groups is 1. The highest BCUT2D eigenvalue weighted by Gasteiger charge is 2.24. The molecule has 2 aromatic carbocycles. The molecule has 1 aliphatic heterocycles. The molecule has 170 valence electrons. The lowest BCUT2D eigenvalue weighted by molar-refractivity contribution is 0.0803. The summed E-state index contributed by atoms with van der Waals surface area (Å²) < 4.78 is 5.42. The van der Waals surface area contributed by atoms with Gasteiger partial charge in [-0.25, -0.2) is 15.0 Å². The zero-order chi connectivity index (χ0) is 22.9. The number of aromatic nitrogens is 4. The van der Waals surface area contributed by atoms with Crippen molar-refractivity contribution in [3.05, 3.63) is 58.1 Å². The van der Waals surface area contributed by atoms with Crippen LogP contribution in [0.4, 0.5) is 5.82 Å². The van der Waals surface area contributed by atoms with Gasteiger partial charge in [-0.2, -0.15) is 0 Å². The summed E-state index contributed by atoms with van der Waals surface area (Å²) in [6, 6.07) is 8.64. The summed E-state index contributed by atoms with van der Waals surface area (Å²) in [5.41, 5.74) is 2.70. The highest BCUT2D eigenvalue weighted by molar-refractivity contribution is 7.99. The number of fused-ring (bicyclic) bond motifs is 2. The van der Waals surface area contributed by atoms with Crippen molar-refractivity contribution in [3.63, 3.8) is 0 Å². The van der Waals surface area contributed by atoms with Crippen LogP contribution in [0.2, 0.25) is 10.0 Å². The number of aromatic amines is 1. The molecule has 1 aliphatic rings. The molecule has 0 radical (unpaired) electrons.